The van der Waals surface area contributed by atoms with E-state index in [1.807, 2.05) is 0 Å². The molecule has 0 unspecified atom stereocenters. The molecule has 0 spiro atoms. The van der Waals surface area contributed by atoms with Crippen LogP contribution in [-0.2, 0) is 0 Å². The van der Waals surface area contributed by atoms with Gasteiger partial charge in [0.1, 0.15) is 0 Å². The Labute approximate surface area is 99.9 Å². The molecule has 0 aromatic heterocycles. The number of rotatable bonds is 0. The van der Waals surface area contributed by atoms with Crippen LogP contribution in [0.5, 0.6) is 0 Å². The number of nitrogens with one attached hydrogen (secondary N) is 4. The Kier molecular flexibility index (Phi) is 6.28. The van der Waals surface area contributed by atoms with Crippen LogP contribution in [-0.4, -0.2) is 50.3 Å². The van der Waals surface area contributed by atoms with Crippen LogP contribution in [0.15, 0.2) is 0 Å². The van der Waals surface area contributed by atoms with Crippen LogP contribution in [0.25, 0.3) is 0 Å². The monoisotopic (exact) mass is 228 g/mol. The van der Waals surface area contributed by atoms with E-state index in [0.717, 1.165) is 26.2 Å². The average Bonchev–Trinajstić information content (AvgIpc) is 2.27. The fraction of sp³-hybridized carbons (Fsp3) is 1.00. The van der Waals surface area contributed by atoms with E-state index in [0.29, 0.717) is 24.2 Å². The molecule has 4 N–H and O–H groups in total. The van der Waals surface area contributed by atoms with Crippen molar-refractivity contribution in [3.05, 3.63) is 0 Å². The molecule has 1 fully saturated rings. The van der Waals surface area contributed by atoms with Gasteiger partial charge in [0.15, 0.2) is 0 Å². The van der Waals surface area contributed by atoms with E-state index in [1.165, 1.54) is 0 Å². The molecule has 0 aromatic rings. The Morgan fingerprint density at radius 1 is 0.500 bits per heavy atom. The first kappa shape index (κ1) is 13.9. The van der Waals surface area contributed by atoms with Crippen LogP contribution in [0.2, 0.25) is 0 Å². The zero-order chi connectivity index (χ0) is 12.0. The fourth-order valence-electron chi connectivity index (χ4n) is 1.80. The van der Waals surface area contributed by atoms with E-state index >= 15 is 0 Å². The van der Waals surface area contributed by atoms with E-state index in [4.69, 9.17) is 0 Å². The topological polar surface area (TPSA) is 48.1 Å². The first-order valence-electron chi connectivity index (χ1n) is 6.51. The lowest BCUT2D eigenvalue weighted by Crippen LogP contribution is -2.51. The molecule has 1 heterocycles. The zero-order valence-electron chi connectivity index (χ0n) is 11.1. The van der Waals surface area contributed by atoms with Gasteiger partial charge in [-0.1, -0.05) is 0 Å². The molecule has 4 heteroatoms. The summed E-state index contributed by atoms with van der Waals surface area (Å²) in [6, 6.07) is 2.12. The minimum Gasteiger partial charge on any atom is -0.311 e. The van der Waals surface area contributed by atoms with Gasteiger partial charge in [0.25, 0.3) is 0 Å². The highest BCUT2D eigenvalue weighted by atomic mass is 15.1. The smallest absolute Gasteiger partial charge is 0.0164 e. The van der Waals surface area contributed by atoms with Gasteiger partial charge in [-0.3, -0.25) is 0 Å². The van der Waals surface area contributed by atoms with E-state index < -0.39 is 0 Å². The minimum atomic E-state index is 0.531. The molecule has 0 bridgehead atoms. The molecule has 1 aliphatic heterocycles. The predicted octanol–water partition coefficient (Wildman–Crippen LogP) is -0.0876. The SMILES string of the molecule is C[C@@H]1CN[C@H](C)CN[C@@H](C)CN[C@@H](C)CN1. The van der Waals surface area contributed by atoms with Crippen LogP contribution in [0.4, 0.5) is 0 Å². The van der Waals surface area contributed by atoms with Gasteiger partial charge in [-0.2, -0.15) is 0 Å². The Morgan fingerprint density at radius 2 is 0.688 bits per heavy atom. The summed E-state index contributed by atoms with van der Waals surface area (Å²) in [7, 11) is 0. The van der Waals surface area contributed by atoms with Gasteiger partial charge in [0.05, 0.1) is 0 Å². The Balaban J connectivity index is 2.39. The molecule has 4 nitrogen and oxygen atoms in total. The molecular weight excluding hydrogens is 200 g/mol. The molecule has 0 aromatic carbocycles. The molecule has 16 heavy (non-hydrogen) atoms. The lowest BCUT2D eigenvalue weighted by molar-refractivity contribution is 0.376. The van der Waals surface area contributed by atoms with Crippen molar-refractivity contribution >= 4 is 0 Å². The maximum atomic E-state index is 3.54. The lowest BCUT2D eigenvalue weighted by Gasteiger charge is -2.26. The molecular formula is C12H28N4. The summed E-state index contributed by atoms with van der Waals surface area (Å²) in [4.78, 5) is 0. The van der Waals surface area contributed by atoms with E-state index in [1.54, 1.807) is 0 Å². The summed E-state index contributed by atoms with van der Waals surface area (Å²) in [5, 5.41) is 14.2. The lowest BCUT2D eigenvalue weighted by atomic mass is 10.2. The quantitative estimate of drug-likeness (QED) is 0.468. The fourth-order valence-corrected chi connectivity index (χ4v) is 1.80. The van der Waals surface area contributed by atoms with E-state index in [9.17, 15) is 0 Å². The van der Waals surface area contributed by atoms with Gasteiger partial charge in [-0.05, 0) is 27.7 Å². The van der Waals surface area contributed by atoms with Crippen molar-refractivity contribution in [1.82, 2.24) is 21.3 Å². The first-order chi connectivity index (χ1) is 7.58. The molecule has 0 aliphatic carbocycles. The van der Waals surface area contributed by atoms with Gasteiger partial charge >= 0.3 is 0 Å². The van der Waals surface area contributed by atoms with Crippen LogP contribution in [0.1, 0.15) is 27.7 Å². The summed E-state index contributed by atoms with van der Waals surface area (Å²) >= 11 is 0. The minimum absolute atomic E-state index is 0.531. The van der Waals surface area contributed by atoms with Crippen LogP contribution < -0.4 is 21.3 Å². The summed E-state index contributed by atoms with van der Waals surface area (Å²) in [6.07, 6.45) is 0. The molecule has 1 aliphatic rings. The maximum absolute atomic E-state index is 3.54. The van der Waals surface area contributed by atoms with Crippen molar-refractivity contribution in [1.29, 1.82) is 0 Å². The largest absolute Gasteiger partial charge is 0.311 e. The van der Waals surface area contributed by atoms with Gasteiger partial charge in [-0.15, -0.1) is 0 Å². The third-order valence-corrected chi connectivity index (χ3v) is 3.09. The Hall–Kier alpha value is -0.160. The number of hydrogen-bond acceptors (Lipinski definition) is 4. The standard InChI is InChI=1S/C12H28N4/c1-9-5-14-11(3)7-16-12(4)8-15-10(2)6-13-9/h9-16H,5-8H2,1-4H3/t9-,10-,11+,12+. The van der Waals surface area contributed by atoms with Crippen molar-refractivity contribution in [3.63, 3.8) is 0 Å². The molecule has 0 radical (unpaired) electrons. The third kappa shape index (κ3) is 5.80. The summed E-state index contributed by atoms with van der Waals surface area (Å²) in [5.74, 6) is 0. The molecule has 96 valence electrons. The molecule has 4 atom stereocenters. The highest BCUT2D eigenvalue weighted by Gasteiger charge is 2.11. The van der Waals surface area contributed by atoms with Crippen molar-refractivity contribution in [2.45, 2.75) is 51.9 Å². The maximum Gasteiger partial charge on any atom is 0.0164 e. The molecule has 1 rings (SSSR count). The van der Waals surface area contributed by atoms with Crippen LogP contribution in [0.3, 0.4) is 0 Å². The van der Waals surface area contributed by atoms with Crippen molar-refractivity contribution < 1.29 is 0 Å². The summed E-state index contributed by atoms with van der Waals surface area (Å²) < 4.78 is 0. The molecule has 0 saturated carbocycles. The second-order valence-corrected chi connectivity index (χ2v) is 5.24. The van der Waals surface area contributed by atoms with E-state index in [-0.39, 0.29) is 0 Å². The van der Waals surface area contributed by atoms with Gasteiger partial charge in [0.2, 0.25) is 0 Å². The third-order valence-electron chi connectivity index (χ3n) is 3.09. The van der Waals surface area contributed by atoms with E-state index in [2.05, 4.69) is 49.0 Å². The second-order valence-electron chi connectivity index (χ2n) is 5.24. The normalized spacial score (nSPS) is 39.8. The summed E-state index contributed by atoms with van der Waals surface area (Å²) in [5.41, 5.74) is 0. The van der Waals surface area contributed by atoms with Gasteiger partial charge < -0.3 is 21.3 Å². The number of hydrogen-bond donors (Lipinski definition) is 4. The first-order valence-corrected chi connectivity index (χ1v) is 6.51. The molecule has 0 amide bonds. The Bertz CT molecular complexity index is 130. The van der Waals surface area contributed by atoms with Gasteiger partial charge in [-0.25, -0.2) is 0 Å². The highest BCUT2D eigenvalue weighted by Crippen LogP contribution is 1.90. The molecule has 1 saturated heterocycles. The van der Waals surface area contributed by atoms with Crippen molar-refractivity contribution in [2.24, 2.45) is 0 Å². The average molecular weight is 228 g/mol. The predicted molar refractivity (Wildman–Crippen MR) is 69.9 cm³/mol. The Morgan fingerprint density at radius 3 is 0.875 bits per heavy atom. The van der Waals surface area contributed by atoms with Crippen LogP contribution >= 0.6 is 0 Å². The van der Waals surface area contributed by atoms with Crippen LogP contribution in [0, 0.1) is 0 Å². The van der Waals surface area contributed by atoms with Gasteiger partial charge in [0, 0.05) is 50.3 Å². The summed E-state index contributed by atoms with van der Waals surface area (Å²) in [6.45, 7) is 13.0. The van der Waals surface area contributed by atoms with Crippen molar-refractivity contribution in [2.75, 3.05) is 26.2 Å². The second kappa shape index (κ2) is 7.22. The highest BCUT2D eigenvalue weighted by molar-refractivity contribution is 4.77. The zero-order valence-corrected chi connectivity index (χ0v) is 11.1. The van der Waals surface area contributed by atoms with Crippen molar-refractivity contribution in [3.8, 4) is 0 Å².